The van der Waals surface area contributed by atoms with Crippen molar-refractivity contribution in [3.63, 3.8) is 0 Å². The summed E-state index contributed by atoms with van der Waals surface area (Å²) in [6.07, 6.45) is 3.27. The number of rotatable bonds is 3. The number of anilines is 1. The zero-order valence-electron chi connectivity index (χ0n) is 10.8. The van der Waals surface area contributed by atoms with Crippen molar-refractivity contribution >= 4 is 33.4 Å². The average molecular weight is 338 g/mol. The topological polar surface area (TPSA) is 87.7 Å². The maximum atomic E-state index is 12.3. The molecule has 1 aromatic carbocycles. The van der Waals surface area contributed by atoms with Crippen molar-refractivity contribution < 1.29 is 10.0 Å². The first-order valence-corrected chi connectivity index (χ1v) is 7.46. The second kappa shape index (κ2) is 5.09. The van der Waals surface area contributed by atoms with Crippen LogP contribution in [-0.4, -0.2) is 17.0 Å². The summed E-state index contributed by atoms with van der Waals surface area (Å²) in [5, 5.41) is 14.7. The highest BCUT2D eigenvalue weighted by atomic mass is 79.9. The monoisotopic (exact) mass is 337 g/mol. The van der Waals surface area contributed by atoms with Gasteiger partial charge in [0.15, 0.2) is 5.84 Å². The molecule has 0 bridgehead atoms. The summed E-state index contributed by atoms with van der Waals surface area (Å²) < 4.78 is 0.830. The Morgan fingerprint density at radius 2 is 2.05 bits per heavy atom. The van der Waals surface area contributed by atoms with Crippen LogP contribution in [-0.2, 0) is 4.79 Å². The normalized spacial score (nSPS) is 28.1. The van der Waals surface area contributed by atoms with Gasteiger partial charge in [0.2, 0.25) is 5.91 Å². The van der Waals surface area contributed by atoms with E-state index in [0.29, 0.717) is 11.3 Å². The molecule has 1 amide bonds. The number of amidine groups is 1. The van der Waals surface area contributed by atoms with Gasteiger partial charge < -0.3 is 16.3 Å². The Labute approximate surface area is 125 Å². The lowest BCUT2D eigenvalue weighted by Gasteiger charge is -2.15. The van der Waals surface area contributed by atoms with Crippen LogP contribution in [0.4, 0.5) is 5.69 Å². The van der Waals surface area contributed by atoms with Crippen LogP contribution >= 0.6 is 15.9 Å². The number of amides is 1. The molecule has 2 fully saturated rings. The predicted molar refractivity (Wildman–Crippen MR) is 79.6 cm³/mol. The Morgan fingerprint density at radius 1 is 1.35 bits per heavy atom. The SMILES string of the molecule is N/C(=N/O)c1ccc(Br)cc1NC(=O)C1CC2CC2C1. The molecule has 0 aromatic heterocycles. The molecule has 5 nitrogen and oxygen atoms in total. The number of fused-ring (bicyclic) bond motifs is 1. The molecule has 106 valence electrons. The fourth-order valence-corrected chi connectivity index (χ4v) is 3.42. The minimum atomic E-state index is -0.0120. The van der Waals surface area contributed by atoms with Gasteiger partial charge in [-0.25, -0.2) is 0 Å². The number of hydrogen-bond acceptors (Lipinski definition) is 3. The van der Waals surface area contributed by atoms with Crippen molar-refractivity contribution in [2.45, 2.75) is 19.3 Å². The first-order valence-electron chi connectivity index (χ1n) is 6.66. The highest BCUT2D eigenvalue weighted by Gasteiger charge is 2.48. The summed E-state index contributed by atoms with van der Waals surface area (Å²) in [5.74, 6) is 1.64. The Hall–Kier alpha value is -1.56. The number of benzene rings is 1. The van der Waals surface area contributed by atoms with E-state index < -0.39 is 0 Å². The van der Waals surface area contributed by atoms with Crippen LogP contribution in [0.15, 0.2) is 27.8 Å². The molecule has 0 spiro atoms. The number of oxime groups is 1. The van der Waals surface area contributed by atoms with E-state index in [1.54, 1.807) is 18.2 Å². The van der Waals surface area contributed by atoms with Crippen LogP contribution in [0.2, 0.25) is 0 Å². The molecule has 2 saturated carbocycles. The molecular formula is C14H16BrN3O2. The van der Waals surface area contributed by atoms with Crippen molar-refractivity contribution in [2.24, 2.45) is 28.6 Å². The molecule has 2 aliphatic rings. The molecule has 0 heterocycles. The summed E-state index contributed by atoms with van der Waals surface area (Å²) in [6.45, 7) is 0. The van der Waals surface area contributed by atoms with E-state index in [2.05, 4.69) is 26.4 Å². The van der Waals surface area contributed by atoms with E-state index in [-0.39, 0.29) is 17.7 Å². The van der Waals surface area contributed by atoms with Crippen LogP contribution in [0.1, 0.15) is 24.8 Å². The number of nitrogens with two attached hydrogens (primary N) is 1. The molecule has 6 heteroatoms. The largest absolute Gasteiger partial charge is 0.409 e. The zero-order chi connectivity index (χ0) is 14.3. The second-order valence-corrected chi connectivity index (χ2v) is 6.50. The Balaban J connectivity index is 1.78. The molecule has 2 atom stereocenters. The van der Waals surface area contributed by atoms with Crippen molar-refractivity contribution in [2.75, 3.05) is 5.32 Å². The van der Waals surface area contributed by atoms with Gasteiger partial charge in [-0.05, 0) is 49.3 Å². The number of carbonyl (C=O) groups excluding carboxylic acids is 1. The van der Waals surface area contributed by atoms with Crippen LogP contribution in [0, 0.1) is 17.8 Å². The summed E-state index contributed by atoms with van der Waals surface area (Å²) in [5.41, 5.74) is 6.73. The molecule has 2 unspecified atom stereocenters. The smallest absolute Gasteiger partial charge is 0.227 e. The molecule has 4 N–H and O–H groups in total. The third-order valence-electron chi connectivity index (χ3n) is 4.24. The first kappa shape index (κ1) is 13.4. The van der Waals surface area contributed by atoms with Crippen LogP contribution in [0.3, 0.4) is 0 Å². The van der Waals surface area contributed by atoms with Crippen LogP contribution in [0.5, 0.6) is 0 Å². The highest BCUT2D eigenvalue weighted by molar-refractivity contribution is 9.10. The van der Waals surface area contributed by atoms with Gasteiger partial charge in [0.1, 0.15) is 0 Å². The summed E-state index contributed by atoms with van der Waals surface area (Å²) in [6, 6.07) is 5.26. The fraction of sp³-hybridized carbons (Fsp3) is 0.429. The summed E-state index contributed by atoms with van der Waals surface area (Å²) >= 11 is 3.36. The maximum absolute atomic E-state index is 12.3. The standard InChI is InChI=1S/C14H16BrN3O2/c15-10-1-2-11(13(16)18-20)12(6-10)17-14(19)9-4-7-3-8(7)5-9/h1-2,6-9,20H,3-5H2,(H2,16,18)(H,17,19). The molecule has 2 aliphatic carbocycles. The Bertz CT molecular complexity index is 578. The van der Waals surface area contributed by atoms with Crippen molar-refractivity contribution in [3.05, 3.63) is 28.2 Å². The van der Waals surface area contributed by atoms with E-state index in [1.165, 1.54) is 6.42 Å². The summed E-state index contributed by atoms with van der Waals surface area (Å²) in [7, 11) is 0. The number of carbonyl (C=O) groups is 1. The van der Waals surface area contributed by atoms with E-state index >= 15 is 0 Å². The number of nitrogens with one attached hydrogen (secondary N) is 1. The van der Waals surface area contributed by atoms with Crippen molar-refractivity contribution in [3.8, 4) is 0 Å². The third kappa shape index (κ3) is 2.52. The second-order valence-electron chi connectivity index (χ2n) is 5.59. The molecule has 1 aromatic rings. The molecule has 0 aliphatic heterocycles. The van der Waals surface area contributed by atoms with Gasteiger partial charge in [-0.3, -0.25) is 4.79 Å². The molecule has 0 saturated heterocycles. The highest BCUT2D eigenvalue weighted by Crippen LogP contribution is 2.54. The fourth-order valence-electron chi connectivity index (χ4n) is 3.06. The third-order valence-corrected chi connectivity index (χ3v) is 4.73. The molecular weight excluding hydrogens is 322 g/mol. The van der Waals surface area contributed by atoms with Gasteiger partial charge in [-0.2, -0.15) is 0 Å². The number of hydrogen-bond donors (Lipinski definition) is 3. The van der Waals surface area contributed by atoms with Crippen molar-refractivity contribution in [1.29, 1.82) is 0 Å². The number of nitrogens with zero attached hydrogens (tertiary/aromatic N) is 1. The molecule has 0 radical (unpaired) electrons. The van der Waals surface area contributed by atoms with Gasteiger partial charge in [-0.1, -0.05) is 21.1 Å². The minimum Gasteiger partial charge on any atom is -0.409 e. The zero-order valence-corrected chi connectivity index (χ0v) is 12.4. The van der Waals surface area contributed by atoms with Gasteiger partial charge >= 0.3 is 0 Å². The number of halogens is 1. The van der Waals surface area contributed by atoms with E-state index in [1.807, 2.05) is 0 Å². The predicted octanol–water partition coefficient (Wildman–Crippen LogP) is 2.53. The Morgan fingerprint density at radius 3 is 2.70 bits per heavy atom. The lowest BCUT2D eigenvalue weighted by Crippen LogP contribution is -2.24. The first-order chi connectivity index (χ1) is 9.58. The quantitative estimate of drug-likeness (QED) is 0.342. The lowest BCUT2D eigenvalue weighted by molar-refractivity contribution is -0.120. The van der Waals surface area contributed by atoms with E-state index in [9.17, 15) is 4.79 Å². The minimum absolute atomic E-state index is 0.0120. The van der Waals surface area contributed by atoms with Gasteiger partial charge in [0.25, 0.3) is 0 Å². The van der Waals surface area contributed by atoms with Gasteiger partial charge in [-0.15, -0.1) is 0 Å². The van der Waals surface area contributed by atoms with Gasteiger partial charge in [0.05, 0.1) is 5.69 Å². The average Bonchev–Trinajstić information content (AvgIpc) is 3.04. The summed E-state index contributed by atoms with van der Waals surface area (Å²) in [4.78, 5) is 12.3. The van der Waals surface area contributed by atoms with E-state index in [4.69, 9.17) is 10.9 Å². The van der Waals surface area contributed by atoms with Crippen LogP contribution < -0.4 is 11.1 Å². The lowest BCUT2D eigenvalue weighted by atomic mass is 10.0. The van der Waals surface area contributed by atoms with Crippen molar-refractivity contribution in [1.82, 2.24) is 0 Å². The Kier molecular flexibility index (Phi) is 3.41. The maximum Gasteiger partial charge on any atom is 0.227 e. The van der Waals surface area contributed by atoms with Gasteiger partial charge in [0, 0.05) is 16.0 Å². The molecule has 20 heavy (non-hydrogen) atoms. The van der Waals surface area contributed by atoms with E-state index in [0.717, 1.165) is 29.2 Å². The van der Waals surface area contributed by atoms with Crippen LogP contribution in [0.25, 0.3) is 0 Å². The molecule has 3 rings (SSSR count).